The average molecular weight is 323 g/mol. The number of carbonyl (C=O) groups is 1. The average Bonchev–Trinajstić information content (AvgIpc) is 2.90. The Balaban J connectivity index is 1.99. The van der Waals surface area contributed by atoms with Gasteiger partial charge in [-0.05, 0) is 24.1 Å². The third-order valence-corrected chi connectivity index (χ3v) is 4.37. The molecule has 1 aromatic carbocycles. The van der Waals surface area contributed by atoms with Crippen LogP contribution < -0.4 is 9.46 Å². The molecular formula is C14H17N3O4S. The Morgan fingerprint density at radius 3 is 2.82 bits per heavy atom. The number of carbonyl (C=O) groups excluding carboxylic acids is 1. The van der Waals surface area contributed by atoms with Crippen molar-refractivity contribution in [3.8, 4) is 5.75 Å². The topological polar surface area (TPSA) is 90.3 Å². The molecule has 0 saturated carbocycles. The zero-order chi connectivity index (χ0) is 16.2. The summed E-state index contributed by atoms with van der Waals surface area (Å²) in [5, 5.41) is 3.99. The molecule has 2 rings (SSSR count). The van der Waals surface area contributed by atoms with Crippen molar-refractivity contribution in [2.45, 2.75) is 17.7 Å². The summed E-state index contributed by atoms with van der Waals surface area (Å²) in [4.78, 5) is 11.8. The number of methoxy groups -OCH3 is 1. The quantitative estimate of drug-likeness (QED) is 0.852. The first-order chi connectivity index (χ1) is 10.4. The summed E-state index contributed by atoms with van der Waals surface area (Å²) < 4.78 is 32.9. The number of benzene rings is 1. The summed E-state index contributed by atoms with van der Waals surface area (Å²) in [6.07, 6.45) is 3.91. The van der Waals surface area contributed by atoms with E-state index < -0.39 is 15.9 Å². The van der Waals surface area contributed by atoms with E-state index in [0.717, 1.165) is 5.56 Å². The van der Waals surface area contributed by atoms with Gasteiger partial charge in [0.1, 0.15) is 5.75 Å². The molecule has 0 aliphatic heterocycles. The highest BCUT2D eigenvalue weighted by molar-refractivity contribution is 7.90. The predicted octanol–water partition coefficient (Wildman–Crippen LogP) is 0.866. The van der Waals surface area contributed by atoms with Crippen LogP contribution in [0.2, 0.25) is 0 Å². The Morgan fingerprint density at radius 2 is 2.18 bits per heavy atom. The molecular weight excluding hydrogens is 306 g/mol. The van der Waals surface area contributed by atoms with Crippen LogP contribution in [-0.2, 0) is 28.3 Å². The lowest BCUT2D eigenvalue weighted by Gasteiger charge is -2.08. The molecule has 1 heterocycles. The van der Waals surface area contributed by atoms with Gasteiger partial charge in [0.05, 0.1) is 18.2 Å². The van der Waals surface area contributed by atoms with Crippen molar-refractivity contribution in [2.75, 3.05) is 7.11 Å². The fourth-order valence-electron chi connectivity index (χ4n) is 1.89. The molecule has 118 valence electrons. The number of nitrogens with one attached hydrogen (secondary N) is 1. The molecule has 22 heavy (non-hydrogen) atoms. The maximum Gasteiger partial charge on any atom is 0.264 e. The predicted molar refractivity (Wildman–Crippen MR) is 79.9 cm³/mol. The van der Waals surface area contributed by atoms with Gasteiger partial charge < -0.3 is 4.74 Å². The van der Waals surface area contributed by atoms with Crippen molar-refractivity contribution in [3.05, 3.63) is 42.2 Å². The maximum absolute atomic E-state index is 12.1. The minimum Gasteiger partial charge on any atom is -0.497 e. The van der Waals surface area contributed by atoms with Crippen molar-refractivity contribution in [1.29, 1.82) is 0 Å². The third kappa shape index (κ3) is 4.08. The minimum atomic E-state index is -3.89. The van der Waals surface area contributed by atoms with E-state index in [2.05, 4.69) is 9.82 Å². The molecule has 1 aromatic heterocycles. The van der Waals surface area contributed by atoms with Crippen molar-refractivity contribution >= 4 is 15.9 Å². The fourth-order valence-corrected chi connectivity index (χ4v) is 2.94. The summed E-state index contributed by atoms with van der Waals surface area (Å²) in [5.41, 5.74) is 0.872. The van der Waals surface area contributed by atoms with Gasteiger partial charge in [0.15, 0.2) is 0 Å². The molecule has 0 aliphatic carbocycles. The van der Waals surface area contributed by atoms with Crippen molar-refractivity contribution in [2.24, 2.45) is 7.05 Å². The summed E-state index contributed by atoms with van der Waals surface area (Å²) in [7, 11) is -0.674. The second-order valence-electron chi connectivity index (χ2n) is 4.73. The first-order valence-electron chi connectivity index (χ1n) is 6.58. The number of ether oxygens (including phenoxy) is 1. The van der Waals surface area contributed by atoms with E-state index in [4.69, 9.17) is 4.74 Å². The summed E-state index contributed by atoms with van der Waals surface area (Å²) >= 11 is 0. The first kappa shape index (κ1) is 16.0. The van der Waals surface area contributed by atoms with Crippen LogP contribution in [0, 0.1) is 0 Å². The smallest absolute Gasteiger partial charge is 0.264 e. The van der Waals surface area contributed by atoms with Crippen molar-refractivity contribution in [1.82, 2.24) is 14.5 Å². The van der Waals surface area contributed by atoms with Gasteiger partial charge in [-0.15, -0.1) is 0 Å². The molecule has 0 aliphatic rings. The standard InChI is InChI=1S/C14H17N3O4S/c1-17-10-11(9-15-17)6-7-14(18)16-22(19,20)13-5-3-4-12(8-13)21-2/h3-5,8-10H,6-7H2,1-2H3,(H,16,18). The number of aromatic nitrogens is 2. The SMILES string of the molecule is COc1cccc(S(=O)(=O)NC(=O)CCc2cnn(C)c2)c1. The van der Waals surface area contributed by atoms with E-state index in [0.29, 0.717) is 12.2 Å². The number of hydrogen-bond donors (Lipinski definition) is 1. The Kier molecular flexibility index (Phi) is 4.81. The molecule has 0 bridgehead atoms. The molecule has 0 radical (unpaired) electrons. The van der Waals surface area contributed by atoms with Crippen LogP contribution in [0.25, 0.3) is 0 Å². The second-order valence-corrected chi connectivity index (χ2v) is 6.41. The van der Waals surface area contributed by atoms with Crippen molar-refractivity contribution in [3.63, 3.8) is 0 Å². The molecule has 1 amide bonds. The number of nitrogens with zero attached hydrogens (tertiary/aromatic N) is 2. The van der Waals surface area contributed by atoms with Gasteiger partial charge in [-0.25, -0.2) is 13.1 Å². The van der Waals surface area contributed by atoms with Crippen LogP contribution in [0.4, 0.5) is 0 Å². The molecule has 8 heteroatoms. The van der Waals surface area contributed by atoms with E-state index >= 15 is 0 Å². The number of rotatable bonds is 6. The molecule has 0 saturated heterocycles. The highest BCUT2D eigenvalue weighted by Crippen LogP contribution is 2.16. The zero-order valence-electron chi connectivity index (χ0n) is 12.3. The van der Waals surface area contributed by atoms with E-state index in [9.17, 15) is 13.2 Å². The summed E-state index contributed by atoms with van der Waals surface area (Å²) in [5.74, 6) is -0.155. The van der Waals surface area contributed by atoms with E-state index in [1.165, 1.54) is 19.2 Å². The summed E-state index contributed by atoms with van der Waals surface area (Å²) in [6, 6.07) is 5.94. The van der Waals surface area contributed by atoms with E-state index in [1.54, 1.807) is 36.3 Å². The molecule has 0 spiro atoms. The van der Waals surface area contributed by atoms with Gasteiger partial charge in [-0.1, -0.05) is 6.07 Å². The fraction of sp³-hybridized carbons (Fsp3) is 0.286. The Bertz CT molecular complexity index is 768. The largest absolute Gasteiger partial charge is 0.497 e. The maximum atomic E-state index is 12.1. The van der Waals surface area contributed by atoms with Crippen LogP contribution in [-0.4, -0.2) is 31.2 Å². The zero-order valence-corrected chi connectivity index (χ0v) is 13.1. The van der Waals surface area contributed by atoms with Gasteiger partial charge in [0.25, 0.3) is 10.0 Å². The van der Waals surface area contributed by atoms with E-state index in [-0.39, 0.29) is 11.3 Å². The van der Waals surface area contributed by atoms with Crippen LogP contribution in [0.15, 0.2) is 41.6 Å². The Labute approximate surface area is 129 Å². The second kappa shape index (κ2) is 6.61. The molecule has 2 aromatic rings. The normalized spacial score (nSPS) is 11.2. The van der Waals surface area contributed by atoms with E-state index in [1.807, 2.05) is 0 Å². The van der Waals surface area contributed by atoms with Crippen LogP contribution in [0.1, 0.15) is 12.0 Å². The molecule has 0 fully saturated rings. The Morgan fingerprint density at radius 1 is 1.41 bits per heavy atom. The lowest BCUT2D eigenvalue weighted by atomic mass is 10.2. The van der Waals surface area contributed by atoms with Crippen LogP contribution in [0.5, 0.6) is 5.75 Å². The van der Waals surface area contributed by atoms with Crippen LogP contribution >= 0.6 is 0 Å². The highest BCUT2D eigenvalue weighted by Gasteiger charge is 2.18. The van der Waals surface area contributed by atoms with Gasteiger partial charge in [0.2, 0.25) is 5.91 Å². The molecule has 7 nitrogen and oxygen atoms in total. The highest BCUT2D eigenvalue weighted by atomic mass is 32.2. The van der Waals surface area contributed by atoms with Crippen LogP contribution in [0.3, 0.4) is 0 Å². The molecule has 0 unspecified atom stereocenters. The Hall–Kier alpha value is -2.35. The third-order valence-electron chi connectivity index (χ3n) is 3.00. The van der Waals surface area contributed by atoms with Gasteiger partial charge >= 0.3 is 0 Å². The van der Waals surface area contributed by atoms with Gasteiger partial charge in [0, 0.05) is 25.7 Å². The number of aryl methyl sites for hydroxylation is 2. The number of hydrogen-bond acceptors (Lipinski definition) is 5. The molecule has 1 N–H and O–H groups in total. The van der Waals surface area contributed by atoms with Crippen molar-refractivity contribution < 1.29 is 17.9 Å². The molecule has 0 atom stereocenters. The lowest BCUT2D eigenvalue weighted by Crippen LogP contribution is -2.30. The summed E-state index contributed by atoms with van der Waals surface area (Å²) in [6.45, 7) is 0. The number of sulfonamides is 1. The minimum absolute atomic E-state index is 0.0124. The van der Waals surface area contributed by atoms with Gasteiger partial charge in [-0.2, -0.15) is 5.10 Å². The van der Waals surface area contributed by atoms with Gasteiger partial charge in [-0.3, -0.25) is 9.48 Å². The first-order valence-corrected chi connectivity index (χ1v) is 8.06. The monoisotopic (exact) mass is 323 g/mol. The lowest BCUT2D eigenvalue weighted by molar-refractivity contribution is -0.119. The number of amides is 1.